The number of aromatic nitrogens is 4. The maximum absolute atomic E-state index is 14.9. The lowest BCUT2D eigenvalue weighted by atomic mass is 10.2. The number of carbonyl (C=O) groups excluding carboxylic acids is 1. The van der Waals surface area contributed by atoms with Crippen LogP contribution in [0.4, 0.5) is 14.5 Å². The van der Waals surface area contributed by atoms with Crippen molar-refractivity contribution in [3.05, 3.63) is 106 Å². The number of carbonyl (C=O) groups is 1. The van der Waals surface area contributed by atoms with Gasteiger partial charge in [0.2, 0.25) is 0 Å². The van der Waals surface area contributed by atoms with Crippen LogP contribution in [0.5, 0.6) is 17.2 Å². The number of hydrogen-bond acceptors (Lipinski definition) is 6. The molecule has 0 unspecified atom stereocenters. The number of ether oxygens (including phenoxy) is 2. The van der Waals surface area contributed by atoms with Crippen LogP contribution in [0.1, 0.15) is 17.3 Å². The second-order valence-corrected chi connectivity index (χ2v) is 8.25. The minimum Gasteiger partial charge on any atom is -0.493 e. The lowest BCUT2D eigenvalue weighted by molar-refractivity contribution is 0.102. The Morgan fingerprint density at radius 3 is 2.55 bits per heavy atom. The van der Waals surface area contributed by atoms with Crippen molar-refractivity contribution in [2.75, 3.05) is 11.9 Å². The predicted octanol–water partition coefficient (Wildman–Crippen LogP) is 5.26. The normalized spacial score (nSPS) is 10.9. The minimum atomic E-state index is -0.817. The first-order chi connectivity index (χ1) is 18.3. The number of nitrogens with zero attached hydrogens (tertiary/aromatic N) is 4. The summed E-state index contributed by atoms with van der Waals surface area (Å²) < 4.78 is 42.0. The molecule has 38 heavy (non-hydrogen) atoms. The minimum absolute atomic E-state index is 0.0482. The van der Waals surface area contributed by atoms with Crippen molar-refractivity contribution in [3.8, 4) is 22.9 Å². The predicted molar refractivity (Wildman–Crippen MR) is 136 cm³/mol. The molecule has 0 saturated heterocycles. The number of halogens is 3. The molecule has 3 heterocycles. The van der Waals surface area contributed by atoms with Crippen LogP contribution in [-0.2, 0) is 0 Å². The summed E-state index contributed by atoms with van der Waals surface area (Å²) in [6.07, 6.45) is 4.48. The monoisotopic (exact) mass is 537 g/mol. The number of hydrogen-bond donors (Lipinski definition) is 1. The summed E-state index contributed by atoms with van der Waals surface area (Å²) in [7, 11) is 0. The molecule has 0 radical (unpaired) electrons. The van der Waals surface area contributed by atoms with Gasteiger partial charge in [-0.25, -0.2) is 18.3 Å². The number of fused-ring (bicyclic) bond motifs is 1. The van der Waals surface area contributed by atoms with Crippen LogP contribution in [0.25, 0.3) is 11.3 Å². The van der Waals surface area contributed by atoms with Crippen molar-refractivity contribution in [1.29, 1.82) is 0 Å². The van der Waals surface area contributed by atoms with Crippen molar-refractivity contribution >= 4 is 28.8 Å². The maximum atomic E-state index is 14.9. The lowest BCUT2D eigenvalue weighted by Crippen LogP contribution is -2.29. The summed E-state index contributed by atoms with van der Waals surface area (Å²) >= 11 is 6.00. The third-order valence-corrected chi connectivity index (χ3v) is 5.58. The van der Waals surface area contributed by atoms with Crippen LogP contribution in [0.3, 0.4) is 0 Å². The first-order valence-corrected chi connectivity index (χ1v) is 11.6. The van der Waals surface area contributed by atoms with E-state index >= 15 is 0 Å². The highest BCUT2D eigenvalue weighted by Gasteiger charge is 2.21. The highest BCUT2D eigenvalue weighted by molar-refractivity contribution is 6.29. The van der Waals surface area contributed by atoms with E-state index in [1.807, 2.05) is 0 Å². The van der Waals surface area contributed by atoms with Crippen LogP contribution in [0, 0.1) is 11.6 Å². The van der Waals surface area contributed by atoms with Gasteiger partial charge < -0.3 is 14.8 Å². The molecule has 192 valence electrons. The molecule has 5 aromatic rings. The Balaban J connectivity index is 1.43. The Morgan fingerprint density at radius 2 is 1.82 bits per heavy atom. The first-order valence-electron chi connectivity index (χ1n) is 11.3. The first kappa shape index (κ1) is 24.9. The molecule has 5 rings (SSSR count). The van der Waals surface area contributed by atoms with Gasteiger partial charge in [0.1, 0.15) is 17.1 Å². The van der Waals surface area contributed by atoms with E-state index < -0.39 is 23.1 Å². The summed E-state index contributed by atoms with van der Waals surface area (Å²) in [6, 6.07) is 11.8. The summed E-state index contributed by atoms with van der Waals surface area (Å²) in [6.45, 7) is 1.90. The van der Waals surface area contributed by atoms with Gasteiger partial charge in [0.25, 0.3) is 11.5 Å². The van der Waals surface area contributed by atoms with Crippen LogP contribution >= 0.6 is 11.6 Å². The second-order valence-electron chi connectivity index (χ2n) is 7.87. The smallest absolute Gasteiger partial charge is 0.271 e. The third-order valence-electron chi connectivity index (χ3n) is 5.39. The number of anilines is 1. The molecular weight excluding hydrogens is 520 g/mol. The molecule has 0 atom stereocenters. The highest BCUT2D eigenvalue weighted by atomic mass is 35.5. The largest absolute Gasteiger partial charge is 0.493 e. The van der Waals surface area contributed by atoms with Crippen LogP contribution in [0.2, 0.25) is 5.15 Å². The highest BCUT2D eigenvalue weighted by Crippen LogP contribution is 2.30. The van der Waals surface area contributed by atoms with Gasteiger partial charge in [-0.15, -0.1) is 0 Å². The van der Waals surface area contributed by atoms with Gasteiger partial charge in [-0.05, 0) is 49.4 Å². The molecule has 0 fully saturated rings. The number of nitrogens with one attached hydrogen (secondary N) is 1. The summed E-state index contributed by atoms with van der Waals surface area (Å²) in [5.74, 6) is -2.00. The zero-order chi connectivity index (χ0) is 26.8. The number of amides is 1. The Kier molecular flexibility index (Phi) is 6.75. The van der Waals surface area contributed by atoms with Gasteiger partial charge in [0.15, 0.2) is 28.1 Å². The van der Waals surface area contributed by atoms with E-state index in [1.54, 1.807) is 13.1 Å². The fourth-order valence-corrected chi connectivity index (χ4v) is 3.90. The zero-order valence-corrected chi connectivity index (χ0v) is 20.4. The SMILES string of the molecule is CCOc1ccn(-c2ccc(F)cc2)c(=O)c1C(=O)Nc1ccc(Oc2cc(Cl)nn3ccnc23)c(F)c1. The Labute approximate surface area is 218 Å². The zero-order valence-electron chi connectivity index (χ0n) is 19.7. The van der Waals surface area contributed by atoms with Crippen molar-refractivity contribution in [3.63, 3.8) is 0 Å². The van der Waals surface area contributed by atoms with Crippen molar-refractivity contribution < 1.29 is 23.0 Å². The standard InChI is InChI=1S/C26H18ClF2N5O4/c1-2-37-20-9-11-33(17-6-3-15(28)4-7-17)26(36)23(20)25(35)31-16-5-8-19(18(29)13-16)38-21-14-22(27)32-34-12-10-30-24(21)34/h3-14H,2H2,1H3,(H,31,35). The Hall–Kier alpha value is -4.77. The van der Waals surface area contributed by atoms with E-state index in [9.17, 15) is 18.4 Å². The summed E-state index contributed by atoms with van der Waals surface area (Å²) in [5, 5.41) is 6.67. The molecule has 3 aromatic heterocycles. The van der Waals surface area contributed by atoms with Gasteiger partial charge in [-0.1, -0.05) is 11.6 Å². The quantitative estimate of drug-likeness (QED) is 0.304. The number of rotatable bonds is 7. The number of benzene rings is 2. The van der Waals surface area contributed by atoms with E-state index in [0.717, 1.165) is 6.07 Å². The molecular formula is C26H18ClF2N5O4. The molecule has 2 aromatic carbocycles. The van der Waals surface area contributed by atoms with Crippen LogP contribution in [0.15, 0.2) is 78.0 Å². The van der Waals surface area contributed by atoms with Crippen LogP contribution in [-0.4, -0.2) is 31.7 Å². The molecule has 9 nitrogen and oxygen atoms in total. The van der Waals surface area contributed by atoms with Gasteiger partial charge in [0, 0.05) is 42.1 Å². The molecule has 0 aliphatic heterocycles. The molecule has 1 amide bonds. The topological polar surface area (TPSA) is 99.8 Å². The van der Waals surface area contributed by atoms with E-state index in [0.29, 0.717) is 11.3 Å². The van der Waals surface area contributed by atoms with E-state index in [-0.39, 0.29) is 40.3 Å². The van der Waals surface area contributed by atoms with Crippen molar-refractivity contribution in [2.45, 2.75) is 6.92 Å². The fraction of sp³-hybridized carbons (Fsp3) is 0.0769. The lowest BCUT2D eigenvalue weighted by Gasteiger charge is -2.14. The van der Waals surface area contributed by atoms with Crippen LogP contribution < -0.4 is 20.3 Å². The molecule has 0 aliphatic carbocycles. The van der Waals surface area contributed by atoms with E-state index in [1.165, 1.54) is 70.0 Å². The fourth-order valence-electron chi connectivity index (χ4n) is 3.72. The number of imidazole rings is 1. The Morgan fingerprint density at radius 1 is 1.03 bits per heavy atom. The van der Waals surface area contributed by atoms with Gasteiger partial charge in [-0.2, -0.15) is 5.10 Å². The molecule has 1 N–H and O–H groups in total. The average Bonchev–Trinajstić information content (AvgIpc) is 3.35. The molecule has 0 saturated carbocycles. The molecule has 0 bridgehead atoms. The van der Waals surface area contributed by atoms with Gasteiger partial charge >= 0.3 is 0 Å². The number of pyridine rings is 1. The van der Waals surface area contributed by atoms with E-state index in [4.69, 9.17) is 21.1 Å². The third kappa shape index (κ3) is 4.91. The van der Waals surface area contributed by atoms with Crippen molar-refractivity contribution in [1.82, 2.24) is 19.2 Å². The molecule has 0 spiro atoms. The van der Waals surface area contributed by atoms with Gasteiger partial charge in [-0.3, -0.25) is 14.2 Å². The average molecular weight is 538 g/mol. The summed E-state index contributed by atoms with van der Waals surface area (Å²) in [4.78, 5) is 30.5. The Bertz CT molecular complexity index is 1720. The van der Waals surface area contributed by atoms with Gasteiger partial charge in [0.05, 0.1) is 6.61 Å². The van der Waals surface area contributed by atoms with E-state index in [2.05, 4.69) is 15.4 Å². The maximum Gasteiger partial charge on any atom is 0.271 e. The second kappa shape index (κ2) is 10.3. The molecule has 12 heteroatoms. The van der Waals surface area contributed by atoms with Crippen molar-refractivity contribution in [2.24, 2.45) is 0 Å². The molecule has 0 aliphatic rings. The summed E-state index contributed by atoms with van der Waals surface area (Å²) in [5.41, 5.74) is -0.246.